The zero-order valence-electron chi connectivity index (χ0n) is 7.63. The molecule has 0 saturated carbocycles. The van der Waals surface area contributed by atoms with Gasteiger partial charge < -0.3 is 5.73 Å². The highest BCUT2D eigenvalue weighted by Crippen LogP contribution is 2.10. The summed E-state index contributed by atoms with van der Waals surface area (Å²) >= 11 is 3.38. The van der Waals surface area contributed by atoms with Crippen LogP contribution in [0.5, 0.6) is 0 Å². The van der Waals surface area contributed by atoms with Crippen LogP contribution in [0.2, 0.25) is 0 Å². The predicted octanol–water partition coefficient (Wildman–Crippen LogP) is 2.72. The number of halogens is 1. The van der Waals surface area contributed by atoms with Gasteiger partial charge in [-0.1, -0.05) is 35.0 Å². The number of amidine groups is 1. The van der Waals surface area contributed by atoms with E-state index in [1.165, 1.54) is 5.56 Å². The molecule has 0 heterocycles. The van der Waals surface area contributed by atoms with E-state index in [1.807, 2.05) is 31.2 Å². The van der Waals surface area contributed by atoms with Crippen LogP contribution in [0.15, 0.2) is 33.7 Å². The van der Waals surface area contributed by atoms with Gasteiger partial charge in [0.25, 0.3) is 0 Å². The maximum absolute atomic E-state index is 5.59. The van der Waals surface area contributed by atoms with Gasteiger partial charge in [0.1, 0.15) is 0 Å². The van der Waals surface area contributed by atoms with E-state index in [4.69, 9.17) is 5.73 Å². The first-order chi connectivity index (χ1) is 6.22. The fourth-order valence-corrected chi connectivity index (χ4v) is 1.16. The minimum atomic E-state index is 0.674. The molecule has 2 N–H and O–H groups in total. The fraction of sp³-hybridized carbons (Fsp3) is 0.300. The van der Waals surface area contributed by atoms with Crippen molar-refractivity contribution < 1.29 is 0 Å². The van der Waals surface area contributed by atoms with Gasteiger partial charge in [-0.25, -0.2) is 0 Å². The second-order valence-corrected chi connectivity index (χ2v) is 3.70. The van der Waals surface area contributed by atoms with E-state index >= 15 is 0 Å². The number of hydrogen-bond donors (Lipinski definition) is 1. The molecule has 0 spiro atoms. The molecule has 0 aromatic heterocycles. The molecule has 0 bridgehead atoms. The number of nitrogens with zero attached hydrogens (tertiary/aromatic N) is 1. The van der Waals surface area contributed by atoms with Gasteiger partial charge in [-0.3, -0.25) is 4.99 Å². The molecule has 1 aromatic carbocycles. The molecule has 1 aromatic rings. The topological polar surface area (TPSA) is 38.4 Å². The molecule has 0 saturated heterocycles. The van der Waals surface area contributed by atoms with Crippen LogP contribution < -0.4 is 5.73 Å². The van der Waals surface area contributed by atoms with E-state index in [1.54, 1.807) is 0 Å². The molecule has 1 rings (SSSR count). The Bertz CT molecular complexity index is 290. The standard InChI is InChI=1S/C10H13BrN2/c1-2-10(12)13-7-8-3-5-9(11)6-4-8/h3-6H,2,7H2,1H3,(H2,12,13). The molecule has 0 radical (unpaired) electrons. The summed E-state index contributed by atoms with van der Waals surface area (Å²) in [5.74, 6) is 0.711. The molecule has 70 valence electrons. The Labute approximate surface area is 87.0 Å². The Morgan fingerprint density at radius 3 is 2.54 bits per heavy atom. The van der Waals surface area contributed by atoms with Gasteiger partial charge in [0.05, 0.1) is 12.4 Å². The summed E-state index contributed by atoms with van der Waals surface area (Å²) in [5, 5.41) is 0. The van der Waals surface area contributed by atoms with Crippen molar-refractivity contribution in [1.29, 1.82) is 0 Å². The van der Waals surface area contributed by atoms with Gasteiger partial charge in [-0.2, -0.15) is 0 Å². The molecule has 2 nitrogen and oxygen atoms in total. The smallest absolute Gasteiger partial charge is 0.0938 e. The largest absolute Gasteiger partial charge is 0.387 e. The van der Waals surface area contributed by atoms with Crippen LogP contribution in [0.4, 0.5) is 0 Å². The molecule has 0 atom stereocenters. The third kappa shape index (κ3) is 3.59. The van der Waals surface area contributed by atoms with E-state index in [0.717, 1.165) is 10.9 Å². The molecule has 0 aliphatic rings. The van der Waals surface area contributed by atoms with Crippen LogP contribution in [0, 0.1) is 0 Å². The van der Waals surface area contributed by atoms with Crippen LogP contribution in [-0.2, 0) is 6.54 Å². The van der Waals surface area contributed by atoms with Gasteiger partial charge in [-0.15, -0.1) is 0 Å². The summed E-state index contributed by atoms with van der Waals surface area (Å²) in [6, 6.07) is 8.09. The number of hydrogen-bond acceptors (Lipinski definition) is 1. The van der Waals surface area contributed by atoms with E-state index in [0.29, 0.717) is 12.4 Å². The van der Waals surface area contributed by atoms with Crippen molar-refractivity contribution in [3.63, 3.8) is 0 Å². The first-order valence-corrected chi connectivity index (χ1v) is 5.05. The molecular weight excluding hydrogens is 228 g/mol. The first-order valence-electron chi connectivity index (χ1n) is 4.25. The van der Waals surface area contributed by atoms with Crippen molar-refractivity contribution in [3.05, 3.63) is 34.3 Å². The number of rotatable bonds is 3. The quantitative estimate of drug-likeness (QED) is 0.641. The summed E-state index contributed by atoms with van der Waals surface area (Å²) in [4.78, 5) is 4.22. The lowest BCUT2D eigenvalue weighted by atomic mass is 10.2. The predicted molar refractivity (Wildman–Crippen MR) is 59.8 cm³/mol. The molecule has 0 aliphatic carbocycles. The van der Waals surface area contributed by atoms with Crippen molar-refractivity contribution in [2.45, 2.75) is 19.9 Å². The highest BCUT2D eigenvalue weighted by molar-refractivity contribution is 9.10. The second kappa shape index (κ2) is 5.02. The summed E-state index contributed by atoms with van der Waals surface area (Å²) in [6.07, 6.45) is 0.816. The molecule has 0 amide bonds. The van der Waals surface area contributed by atoms with Gasteiger partial charge >= 0.3 is 0 Å². The number of nitrogens with two attached hydrogens (primary N) is 1. The average Bonchev–Trinajstić information content (AvgIpc) is 2.16. The van der Waals surface area contributed by atoms with Gasteiger partial charge in [-0.05, 0) is 17.7 Å². The minimum absolute atomic E-state index is 0.674. The summed E-state index contributed by atoms with van der Waals surface area (Å²) < 4.78 is 1.09. The van der Waals surface area contributed by atoms with Crippen LogP contribution in [0.1, 0.15) is 18.9 Å². The van der Waals surface area contributed by atoms with E-state index < -0.39 is 0 Å². The van der Waals surface area contributed by atoms with Crippen LogP contribution in [-0.4, -0.2) is 5.84 Å². The highest BCUT2D eigenvalue weighted by Gasteiger charge is 1.91. The van der Waals surface area contributed by atoms with Crippen molar-refractivity contribution >= 4 is 21.8 Å². The lowest BCUT2D eigenvalue weighted by Gasteiger charge is -1.98. The van der Waals surface area contributed by atoms with Crippen molar-refractivity contribution in [1.82, 2.24) is 0 Å². The second-order valence-electron chi connectivity index (χ2n) is 2.79. The number of benzene rings is 1. The van der Waals surface area contributed by atoms with Crippen LogP contribution >= 0.6 is 15.9 Å². The van der Waals surface area contributed by atoms with Crippen LogP contribution in [0.3, 0.4) is 0 Å². The Morgan fingerprint density at radius 1 is 1.38 bits per heavy atom. The molecule has 0 aliphatic heterocycles. The minimum Gasteiger partial charge on any atom is -0.387 e. The van der Waals surface area contributed by atoms with Gasteiger partial charge in [0.15, 0.2) is 0 Å². The zero-order valence-corrected chi connectivity index (χ0v) is 9.21. The average molecular weight is 241 g/mol. The third-order valence-electron chi connectivity index (χ3n) is 1.74. The molecule has 3 heteroatoms. The maximum atomic E-state index is 5.59. The van der Waals surface area contributed by atoms with Crippen LogP contribution in [0.25, 0.3) is 0 Å². The van der Waals surface area contributed by atoms with E-state index in [9.17, 15) is 0 Å². The molecule has 0 unspecified atom stereocenters. The normalized spacial score (nSPS) is 11.7. The summed E-state index contributed by atoms with van der Waals surface area (Å²) in [5.41, 5.74) is 6.77. The van der Waals surface area contributed by atoms with Crippen molar-refractivity contribution in [2.24, 2.45) is 10.7 Å². The number of aliphatic imine (C=N–C) groups is 1. The Kier molecular flexibility index (Phi) is 3.96. The zero-order chi connectivity index (χ0) is 9.68. The van der Waals surface area contributed by atoms with E-state index in [-0.39, 0.29) is 0 Å². The summed E-state index contributed by atoms with van der Waals surface area (Å²) in [7, 11) is 0. The monoisotopic (exact) mass is 240 g/mol. The summed E-state index contributed by atoms with van der Waals surface area (Å²) in [6.45, 7) is 2.67. The van der Waals surface area contributed by atoms with Crippen molar-refractivity contribution in [2.75, 3.05) is 0 Å². The lowest BCUT2D eigenvalue weighted by molar-refractivity contribution is 1.04. The third-order valence-corrected chi connectivity index (χ3v) is 2.27. The Morgan fingerprint density at radius 2 is 2.00 bits per heavy atom. The molecule has 13 heavy (non-hydrogen) atoms. The maximum Gasteiger partial charge on any atom is 0.0938 e. The van der Waals surface area contributed by atoms with Gasteiger partial charge in [0.2, 0.25) is 0 Å². The van der Waals surface area contributed by atoms with Crippen molar-refractivity contribution in [3.8, 4) is 0 Å². The first kappa shape index (κ1) is 10.3. The van der Waals surface area contributed by atoms with E-state index in [2.05, 4.69) is 20.9 Å². The fourth-order valence-electron chi connectivity index (χ4n) is 0.894. The Hall–Kier alpha value is -0.830. The Balaban J connectivity index is 2.60. The van der Waals surface area contributed by atoms with Gasteiger partial charge in [0, 0.05) is 10.9 Å². The molecule has 0 fully saturated rings. The SMILES string of the molecule is CCC(N)=NCc1ccc(Br)cc1. The molecular formula is C10H13BrN2. The lowest BCUT2D eigenvalue weighted by Crippen LogP contribution is -2.09. The highest BCUT2D eigenvalue weighted by atomic mass is 79.9.